The fourth-order valence-electron chi connectivity index (χ4n) is 2.75. The number of carbonyl (C=O) groups excluding carboxylic acids is 1. The highest BCUT2D eigenvalue weighted by Crippen LogP contribution is 2.51. The van der Waals surface area contributed by atoms with Gasteiger partial charge in [0.2, 0.25) is 0 Å². The first kappa shape index (κ1) is 16.2. The molecule has 0 bridgehead atoms. The van der Waals surface area contributed by atoms with Crippen molar-refractivity contribution >= 4 is 17.4 Å². The van der Waals surface area contributed by atoms with Crippen molar-refractivity contribution in [2.45, 2.75) is 58.7 Å². The van der Waals surface area contributed by atoms with Crippen molar-refractivity contribution in [3.8, 4) is 0 Å². The van der Waals surface area contributed by atoms with Gasteiger partial charge in [0.05, 0.1) is 11.6 Å². The average molecular weight is 311 g/mol. The lowest BCUT2D eigenvalue weighted by Crippen LogP contribution is -2.69. The summed E-state index contributed by atoms with van der Waals surface area (Å²) in [6.45, 7) is 10.2. The molecule has 0 radical (unpaired) electrons. The Hall–Kier alpha value is -1.14. The molecule has 1 aliphatic carbocycles. The maximum atomic E-state index is 12.1. The fourth-order valence-corrected chi connectivity index (χ4v) is 3.56. The molecule has 118 valence electrons. The fraction of sp³-hybridized carbons (Fsp3) is 0.733. The van der Waals surface area contributed by atoms with E-state index in [2.05, 4.69) is 36.4 Å². The molecule has 1 aromatic rings. The van der Waals surface area contributed by atoms with Crippen LogP contribution in [0.2, 0.25) is 0 Å². The van der Waals surface area contributed by atoms with Crippen LogP contribution in [0, 0.1) is 12.3 Å². The third-order valence-corrected chi connectivity index (χ3v) is 6.08. The predicted octanol–water partition coefficient (Wildman–Crippen LogP) is 3.02. The van der Waals surface area contributed by atoms with Crippen molar-refractivity contribution in [3.05, 3.63) is 16.1 Å². The number of nitrogens with zero attached hydrogens (tertiary/aromatic N) is 1. The van der Waals surface area contributed by atoms with Gasteiger partial charge in [-0.1, -0.05) is 13.8 Å². The van der Waals surface area contributed by atoms with Crippen LogP contribution in [0.25, 0.3) is 0 Å². The molecule has 1 fully saturated rings. The number of thiazole rings is 1. The highest BCUT2D eigenvalue weighted by atomic mass is 32.1. The van der Waals surface area contributed by atoms with Crippen molar-refractivity contribution in [1.82, 2.24) is 15.6 Å². The molecule has 3 atom stereocenters. The molecule has 21 heavy (non-hydrogen) atoms. The minimum absolute atomic E-state index is 0.0827. The van der Waals surface area contributed by atoms with E-state index in [0.717, 1.165) is 17.1 Å². The Bertz CT molecular complexity index is 529. The van der Waals surface area contributed by atoms with Gasteiger partial charge >= 0.3 is 6.03 Å². The van der Waals surface area contributed by atoms with Gasteiger partial charge in [0.1, 0.15) is 5.01 Å². The van der Waals surface area contributed by atoms with E-state index in [1.807, 2.05) is 19.2 Å². The van der Waals surface area contributed by atoms with Gasteiger partial charge in [-0.15, -0.1) is 11.3 Å². The van der Waals surface area contributed by atoms with Gasteiger partial charge in [0, 0.05) is 29.6 Å². The van der Waals surface area contributed by atoms with Crippen molar-refractivity contribution < 1.29 is 9.53 Å². The number of ether oxygens (including phenoxy) is 1. The lowest BCUT2D eigenvalue weighted by atomic mass is 9.56. The molecular weight excluding hydrogens is 286 g/mol. The van der Waals surface area contributed by atoms with E-state index in [9.17, 15) is 4.79 Å². The molecule has 1 aromatic heterocycles. The highest BCUT2D eigenvalue weighted by molar-refractivity contribution is 7.09. The van der Waals surface area contributed by atoms with E-state index in [1.165, 1.54) is 0 Å². The molecule has 2 N–H and O–H groups in total. The third-order valence-electron chi connectivity index (χ3n) is 4.94. The normalized spacial score (nSPS) is 28.6. The summed E-state index contributed by atoms with van der Waals surface area (Å²) in [4.78, 5) is 16.5. The van der Waals surface area contributed by atoms with Crippen molar-refractivity contribution in [2.75, 3.05) is 7.11 Å². The van der Waals surface area contributed by atoms with Gasteiger partial charge < -0.3 is 15.4 Å². The molecule has 0 spiro atoms. The maximum absolute atomic E-state index is 12.1. The topological polar surface area (TPSA) is 63.2 Å². The first-order valence-corrected chi connectivity index (χ1v) is 8.12. The number of amides is 2. The summed E-state index contributed by atoms with van der Waals surface area (Å²) in [5.74, 6) is 0. The summed E-state index contributed by atoms with van der Waals surface area (Å²) in [7, 11) is 1.73. The third kappa shape index (κ3) is 2.92. The monoisotopic (exact) mass is 311 g/mol. The summed E-state index contributed by atoms with van der Waals surface area (Å²) < 4.78 is 5.57. The lowest BCUT2D eigenvalue weighted by Gasteiger charge is -2.59. The second-order valence-corrected chi connectivity index (χ2v) is 7.47. The van der Waals surface area contributed by atoms with Crippen molar-refractivity contribution in [1.29, 1.82) is 0 Å². The zero-order chi connectivity index (χ0) is 15.8. The molecule has 0 aromatic carbocycles. The number of aryl methyl sites for hydroxylation is 1. The van der Waals surface area contributed by atoms with E-state index in [4.69, 9.17) is 4.74 Å². The predicted molar refractivity (Wildman–Crippen MR) is 84.5 cm³/mol. The van der Waals surface area contributed by atoms with Crippen LogP contribution in [-0.2, 0) is 4.74 Å². The van der Waals surface area contributed by atoms with Crippen LogP contribution in [0.5, 0.6) is 0 Å². The summed E-state index contributed by atoms with van der Waals surface area (Å²) in [5, 5.41) is 8.92. The van der Waals surface area contributed by atoms with E-state index < -0.39 is 0 Å². The van der Waals surface area contributed by atoms with Gasteiger partial charge in [-0.2, -0.15) is 0 Å². The average Bonchev–Trinajstić information content (AvgIpc) is 2.84. The summed E-state index contributed by atoms with van der Waals surface area (Å²) in [6.07, 6.45) is 0.828. The second-order valence-electron chi connectivity index (χ2n) is 6.58. The minimum atomic E-state index is -0.178. The Balaban J connectivity index is 1.89. The molecule has 1 saturated carbocycles. The smallest absolute Gasteiger partial charge is 0.315 e. The standard InChI is InChI=1S/C15H25N3O2S/c1-9-8-21-12(16-9)10(2)17-13(19)18-11-7-15(5,20-6)14(11,3)4/h8,10-11H,7H2,1-6H3,(H2,17,18,19). The van der Waals surface area contributed by atoms with Crippen LogP contribution >= 0.6 is 11.3 Å². The summed E-state index contributed by atoms with van der Waals surface area (Å²) >= 11 is 1.57. The molecule has 3 unspecified atom stereocenters. The van der Waals surface area contributed by atoms with Gasteiger partial charge in [-0.25, -0.2) is 9.78 Å². The number of aromatic nitrogens is 1. The van der Waals surface area contributed by atoms with Crippen LogP contribution in [0.15, 0.2) is 5.38 Å². The first-order valence-electron chi connectivity index (χ1n) is 7.24. The van der Waals surface area contributed by atoms with Crippen LogP contribution in [-0.4, -0.2) is 29.8 Å². The highest BCUT2D eigenvalue weighted by Gasteiger charge is 2.58. The minimum Gasteiger partial charge on any atom is -0.378 e. The maximum Gasteiger partial charge on any atom is 0.315 e. The summed E-state index contributed by atoms with van der Waals surface area (Å²) in [5.41, 5.74) is 0.725. The number of hydrogen-bond donors (Lipinski definition) is 2. The molecule has 5 nitrogen and oxygen atoms in total. The molecule has 2 rings (SSSR count). The quantitative estimate of drug-likeness (QED) is 0.898. The van der Waals surface area contributed by atoms with Gasteiger partial charge in [0.25, 0.3) is 0 Å². The second kappa shape index (κ2) is 5.57. The van der Waals surface area contributed by atoms with E-state index in [-0.39, 0.29) is 29.1 Å². The van der Waals surface area contributed by atoms with Crippen LogP contribution in [0.4, 0.5) is 4.79 Å². The Morgan fingerprint density at radius 1 is 1.52 bits per heavy atom. The largest absolute Gasteiger partial charge is 0.378 e. The summed E-state index contributed by atoms with van der Waals surface area (Å²) in [6, 6.07) is -0.111. The molecule has 1 aliphatic rings. The van der Waals surface area contributed by atoms with Gasteiger partial charge in [-0.05, 0) is 27.2 Å². The Labute approximate surface area is 130 Å². The molecule has 6 heteroatoms. The van der Waals surface area contributed by atoms with E-state index in [1.54, 1.807) is 18.4 Å². The van der Waals surface area contributed by atoms with Crippen molar-refractivity contribution in [3.63, 3.8) is 0 Å². The number of nitrogens with one attached hydrogen (secondary N) is 2. The SMILES string of the molecule is COC1(C)CC(NC(=O)NC(C)c2nc(C)cs2)C1(C)C. The van der Waals surface area contributed by atoms with Gasteiger partial charge in [-0.3, -0.25) is 0 Å². The van der Waals surface area contributed by atoms with E-state index >= 15 is 0 Å². The van der Waals surface area contributed by atoms with Crippen LogP contribution in [0.1, 0.15) is 50.9 Å². The zero-order valence-electron chi connectivity index (χ0n) is 13.6. The van der Waals surface area contributed by atoms with Crippen molar-refractivity contribution in [2.24, 2.45) is 5.41 Å². The molecule has 0 saturated heterocycles. The number of urea groups is 1. The molecule has 1 heterocycles. The number of carbonyl (C=O) groups is 1. The number of hydrogen-bond acceptors (Lipinski definition) is 4. The van der Waals surface area contributed by atoms with Crippen LogP contribution in [0.3, 0.4) is 0 Å². The molecule has 2 amide bonds. The van der Waals surface area contributed by atoms with Gasteiger partial charge in [0.15, 0.2) is 0 Å². The lowest BCUT2D eigenvalue weighted by molar-refractivity contribution is -0.177. The Morgan fingerprint density at radius 2 is 2.19 bits per heavy atom. The number of rotatable bonds is 4. The van der Waals surface area contributed by atoms with Crippen LogP contribution < -0.4 is 10.6 Å². The number of methoxy groups -OCH3 is 1. The molecule has 0 aliphatic heterocycles. The Morgan fingerprint density at radius 3 is 2.67 bits per heavy atom. The zero-order valence-corrected chi connectivity index (χ0v) is 14.4. The van der Waals surface area contributed by atoms with E-state index in [0.29, 0.717) is 0 Å². The first-order chi connectivity index (χ1) is 9.69. The Kier molecular flexibility index (Phi) is 4.31. The molecular formula is C15H25N3O2S.